The molecule has 1 N–H and O–H groups in total. The minimum absolute atomic E-state index is 0.0196. The number of rotatable bonds is 4. The maximum atomic E-state index is 11.7. The van der Waals surface area contributed by atoms with Gasteiger partial charge >= 0.3 is 0 Å². The molecule has 1 aliphatic heterocycles. The molecule has 0 atom stereocenters. The summed E-state index contributed by atoms with van der Waals surface area (Å²) >= 11 is 0. The molecule has 0 spiro atoms. The van der Waals surface area contributed by atoms with Crippen LogP contribution in [-0.4, -0.2) is 22.3 Å². The van der Waals surface area contributed by atoms with Gasteiger partial charge in [-0.3, -0.25) is 14.5 Å². The second-order valence-corrected chi connectivity index (χ2v) is 6.20. The molecule has 0 bridgehead atoms. The van der Waals surface area contributed by atoms with E-state index >= 15 is 0 Å². The Labute approximate surface area is 119 Å². The zero-order chi connectivity index (χ0) is 14.8. The molecule has 5 heteroatoms. The van der Waals surface area contributed by atoms with E-state index in [0.717, 1.165) is 5.76 Å². The highest BCUT2D eigenvalue weighted by molar-refractivity contribution is 5.97. The summed E-state index contributed by atoms with van der Waals surface area (Å²) in [6, 6.07) is 3.71. The standard InChI is InChI=1S/C15H22N2O3/c1-15(2,3)16-9-11-7-8-12(20-11)10-17-13(18)5-4-6-14(17)19/h7-8,16H,4-6,9-10H2,1-3H3. The summed E-state index contributed by atoms with van der Waals surface area (Å²) in [5.41, 5.74) is 0.0196. The number of hydrogen-bond donors (Lipinski definition) is 1. The predicted octanol–water partition coefficient (Wildman–Crippen LogP) is 2.21. The van der Waals surface area contributed by atoms with Crippen molar-refractivity contribution in [2.24, 2.45) is 0 Å². The van der Waals surface area contributed by atoms with Crippen molar-refractivity contribution in [1.82, 2.24) is 10.2 Å². The van der Waals surface area contributed by atoms with Gasteiger partial charge < -0.3 is 9.73 Å². The summed E-state index contributed by atoms with van der Waals surface area (Å²) in [4.78, 5) is 24.7. The molecule has 0 radical (unpaired) electrons. The Kier molecular flexibility index (Phi) is 4.28. The van der Waals surface area contributed by atoms with Crippen molar-refractivity contribution in [1.29, 1.82) is 0 Å². The second-order valence-electron chi connectivity index (χ2n) is 6.20. The molecule has 20 heavy (non-hydrogen) atoms. The number of amides is 2. The molecular weight excluding hydrogens is 256 g/mol. The van der Waals surface area contributed by atoms with Gasteiger partial charge in [0.25, 0.3) is 0 Å². The van der Waals surface area contributed by atoms with Crippen LogP contribution in [0.3, 0.4) is 0 Å². The number of carbonyl (C=O) groups excluding carboxylic acids is 2. The van der Waals surface area contributed by atoms with Crippen molar-refractivity contribution in [2.45, 2.75) is 58.7 Å². The van der Waals surface area contributed by atoms with E-state index in [1.54, 1.807) is 0 Å². The number of nitrogens with zero attached hydrogens (tertiary/aromatic N) is 1. The van der Waals surface area contributed by atoms with Gasteiger partial charge in [0.15, 0.2) is 0 Å². The Morgan fingerprint density at radius 1 is 1.15 bits per heavy atom. The molecule has 110 valence electrons. The van der Waals surface area contributed by atoms with Gasteiger partial charge in [-0.1, -0.05) is 0 Å². The van der Waals surface area contributed by atoms with Crippen LogP contribution in [0.1, 0.15) is 51.6 Å². The van der Waals surface area contributed by atoms with Gasteiger partial charge in [-0.2, -0.15) is 0 Å². The number of likely N-dealkylation sites (tertiary alicyclic amines) is 1. The topological polar surface area (TPSA) is 62.6 Å². The van der Waals surface area contributed by atoms with Crippen LogP contribution in [0.2, 0.25) is 0 Å². The van der Waals surface area contributed by atoms with E-state index < -0.39 is 0 Å². The first-order chi connectivity index (χ1) is 9.35. The molecule has 5 nitrogen and oxygen atoms in total. The molecule has 2 heterocycles. The first-order valence-electron chi connectivity index (χ1n) is 7.01. The maximum absolute atomic E-state index is 11.7. The SMILES string of the molecule is CC(C)(C)NCc1ccc(CN2C(=O)CCCC2=O)o1. The Hall–Kier alpha value is -1.62. The lowest BCUT2D eigenvalue weighted by Gasteiger charge is -2.23. The fraction of sp³-hybridized carbons (Fsp3) is 0.600. The Balaban J connectivity index is 1.95. The molecule has 0 aliphatic carbocycles. The molecular formula is C15H22N2O3. The van der Waals surface area contributed by atoms with Gasteiger partial charge in [0, 0.05) is 18.4 Å². The Bertz CT molecular complexity index is 483. The third-order valence-corrected chi connectivity index (χ3v) is 3.21. The van der Waals surface area contributed by atoms with E-state index in [9.17, 15) is 9.59 Å². The van der Waals surface area contributed by atoms with Gasteiger partial charge in [-0.05, 0) is 39.3 Å². The lowest BCUT2D eigenvalue weighted by molar-refractivity contribution is -0.149. The molecule has 0 aromatic carbocycles. The zero-order valence-corrected chi connectivity index (χ0v) is 12.4. The molecule has 2 rings (SSSR count). The summed E-state index contributed by atoms with van der Waals surface area (Å²) < 4.78 is 5.67. The summed E-state index contributed by atoms with van der Waals surface area (Å²) in [6.45, 7) is 7.13. The highest BCUT2D eigenvalue weighted by atomic mass is 16.3. The number of furan rings is 1. The summed E-state index contributed by atoms with van der Waals surface area (Å²) in [6.07, 6.45) is 1.56. The van der Waals surface area contributed by atoms with Crippen LogP contribution in [0.25, 0.3) is 0 Å². The maximum Gasteiger partial charge on any atom is 0.229 e. The van der Waals surface area contributed by atoms with Crippen LogP contribution in [0.4, 0.5) is 0 Å². The molecule has 1 aromatic rings. The van der Waals surface area contributed by atoms with Crippen molar-refractivity contribution in [2.75, 3.05) is 0 Å². The minimum atomic E-state index is -0.105. The zero-order valence-electron chi connectivity index (χ0n) is 12.4. The van der Waals surface area contributed by atoms with Crippen molar-refractivity contribution in [3.63, 3.8) is 0 Å². The number of piperidine rings is 1. The fourth-order valence-corrected chi connectivity index (χ4v) is 2.09. The lowest BCUT2D eigenvalue weighted by atomic mass is 10.1. The van der Waals surface area contributed by atoms with Gasteiger partial charge in [-0.25, -0.2) is 0 Å². The van der Waals surface area contributed by atoms with E-state index in [1.807, 2.05) is 12.1 Å². The molecule has 1 aliphatic rings. The first-order valence-corrected chi connectivity index (χ1v) is 7.01. The third-order valence-electron chi connectivity index (χ3n) is 3.21. The molecule has 1 aromatic heterocycles. The fourth-order valence-electron chi connectivity index (χ4n) is 2.09. The van der Waals surface area contributed by atoms with Crippen LogP contribution in [0.15, 0.2) is 16.5 Å². The van der Waals surface area contributed by atoms with Crippen molar-refractivity contribution in [3.8, 4) is 0 Å². The predicted molar refractivity (Wildman–Crippen MR) is 74.7 cm³/mol. The summed E-state index contributed by atoms with van der Waals surface area (Å²) in [5, 5.41) is 3.33. The van der Waals surface area contributed by atoms with Crippen molar-refractivity contribution < 1.29 is 14.0 Å². The van der Waals surface area contributed by atoms with Crippen LogP contribution < -0.4 is 5.32 Å². The molecule has 1 saturated heterocycles. The Morgan fingerprint density at radius 3 is 2.35 bits per heavy atom. The van der Waals surface area contributed by atoms with E-state index in [2.05, 4.69) is 26.1 Å². The van der Waals surface area contributed by atoms with Gasteiger partial charge in [0.1, 0.15) is 11.5 Å². The largest absolute Gasteiger partial charge is 0.463 e. The van der Waals surface area contributed by atoms with E-state index in [4.69, 9.17) is 4.42 Å². The first kappa shape index (κ1) is 14.8. The van der Waals surface area contributed by atoms with E-state index in [0.29, 0.717) is 31.6 Å². The van der Waals surface area contributed by atoms with Gasteiger partial charge in [0.05, 0.1) is 13.1 Å². The number of carbonyl (C=O) groups is 2. The highest BCUT2D eigenvalue weighted by Gasteiger charge is 2.26. The second kappa shape index (κ2) is 5.79. The normalized spacial score (nSPS) is 16.9. The Morgan fingerprint density at radius 2 is 1.75 bits per heavy atom. The van der Waals surface area contributed by atoms with Crippen molar-refractivity contribution in [3.05, 3.63) is 23.7 Å². The monoisotopic (exact) mass is 278 g/mol. The average molecular weight is 278 g/mol. The van der Waals surface area contributed by atoms with Crippen LogP contribution in [0, 0.1) is 0 Å². The molecule has 0 saturated carbocycles. The molecule has 1 fully saturated rings. The van der Waals surface area contributed by atoms with Crippen molar-refractivity contribution >= 4 is 11.8 Å². The average Bonchev–Trinajstić information content (AvgIpc) is 2.79. The number of nitrogens with one attached hydrogen (secondary N) is 1. The highest BCUT2D eigenvalue weighted by Crippen LogP contribution is 2.17. The molecule has 2 amide bonds. The smallest absolute Gasteiger partial charge is 0.229 e. The van der Waals surface area contributed by atoms with Gasteiger partial charge in [-0.15, -0.1) is 0 Å². The minimum Gasteiger partial charge on any atom is -0.463 e. The third kappa shape index (κ3) is 3.93. The quantitative estimate of drug-likeness (QED) is 0.858. The number of imide groups is 1. The molecule has 0 unspecified atom stereocenters. The number of hydrogen-bond acceptors (Lipinski definition) is 4. The van der Waals surface area contributed by atoms with Crippen LogP contribution >= 0.6 is 0 Å². The van der Waals surface area contributed by atoms with E-state index in [-0.39, 0.29) is 23.9 Å². The van der Waals surface area contributed by atoms with Crippen LogP contribution in [-0.2, 0) is 22.7 Å². The van der Waals surface area contributed by atoms with E-state index in [1.165, 1.54) is 4.90 Å². The van der Waals surface area contributed by atoms with Crippen LogP contribution in [0.5, 0.6) is 0 Å². The lowest BCUT2D eigenvalue weighted by Crippen LogP contribution is -2.39. The van der Waals surface area contributed by atoms with Gasteiger partial charge in [0.2, 0.25) is 11.8 Å². The summed E-state index contributed by atoms with van der Waals surface area (Å²) in [5.74, 6) is 1.25. The summed E-state index contributed by atoms with van der Waals surface area (Å²) in [7, 11) is 0.